The molecule has 122 valence electrons. The maximum atomic E-state index is 11.9. The molecule has 0 aliphatic carbocycles. The van der Waals surface area contributed by atoms with Crippen LogP contribution in [0.4, 0.5) is 0 Å². The van der Waals surface area contributed by atoms with E-state index in [0.29, 0.717) is 5.56 Å². The second-order valence-corrected chi connectivity index (χ2v) is 5.10. The topological polar surface area (TPSA) is 81.8 Å². The molecular formula is C16H19N3O4. The Morgan fingerprint density at radius 2 is 2.04 bits per heavy atom. The Morgan fingerprint density at radius 3 is 2.65 bits per heavy atom. The summed E-state index contributed by atoms with van der Waals surface area (Å²) in [5.74, 6) is -0.582. The molecular weight excluding hydrogens is 298 g/mol. The van der Waals surface area contributed by atoms with Crippen LogP contribution in [-0.4, -0.2) is 31.6 Å². The summed E-state index contributed by atoms with van der Waals surface area (Å²) < 4.78 is 10.6. The molecule has 7 heteroatoms. The van der Waals surface area contributed by atoms with Crippen molar-refractivity contribution < 1.29 is 19.1 Å². The van der Waals surface area contributed by atoms with Crippen molar-refractivity contribution in [2.45, 2.75) is 26.2 Å². The number of nitrogens with zero attached hydrogens (tertiary/aromatic N) is 3. The smallest absolute Gasteiger partial charge is 0.360 e. The molecule has 0 fully saturated rings. The molecule has 0 saturated carbocycles. The molecule has 7 nitrogen and oxygen atoms in total. The number of carbonyl (C=O) groups excluding carboxylic acids is 1. The highest BCUT2D eigenvalue weighted by Crippen LogP contribution is 2.26. The van der Waals surface area contributed by atoms with Crippen LogP contribution in [0.2, 0.25) is 0 Å². The Hall–Kier alpha value is -2.54. The zero-order valence-corrected chi connectivity index (χ0v) is 13.6. The van der Waals surface area contributed by atoms with Crippen LogP contribution in [-0.2, 0) is 25.7 Å². The number of ether oxygens (including phenoxy) is 2. The number of azo groups is 1. The van der Waals surface area contributed by atoms with Gasteiger partial charge in [0.25, 0.3) is 0 Å². The molecule has 0 radical (unpaired) electrons. The van der Waals surface area contributed by atoms with Crippen LogP contribution in [0.25, 0.3) is 0 Å². The SMILES string of the molecule is CON=C(C(=O)OC)c1ccccc1COC1(C)C=C(C)N=N1. The Morgan fingerprint density at radius 1 is 1.30 bits per heavy atom. The Kier molecular flexibility index (Phi) is 5.23. The Bertz CT molecular complexity index is 682. The van der Waals surface area contributed by atoms with Gasteiger partial charge in [0, 0.05) is 5.56 Å². The Labute approximate surface area is 134 Å². The predicted octanol–water partition coefficient (Wildman–Crippen LogP) is 2.81. The molecule has 0 N–H and O–H groups in total. The fourth-order valence-electron chi connectivity index (χ4n) is 2.18. The first-order valence-electron chi connectivity index (χ1n) is 7.03. The van der Waals surface area contributed by atoms with Crippen molar-refractivity contribution in [2.75, 3.05) is 14.2 Å². The molecule has 1 aromatic carbocycles. The fourth-order valence-corrected chi connectivity index (χ4v) is 2.18. The molecule has 1 heterocycles. The van der Waals surface area contributed by atoms with Gasteiger partial charge in [-0.25, -0.2) is 4.79 Å². The minimum Gasteiger partial charge on any atom is -0.464 e. The number of benzene rings is 1. The van der Waals surface area contributed by atoms with E-state index in [0.717, 1.165) is 11.3 Å². The van der Waals surface area contributed by atoms with Gasteiger partial charge in [-0.05, 0) is 25.5 Å². The molecule has 2 rings (SSSR count). The minimum atomic E-state index is -0.805. The fraction of sp³-hybridized carbons (Fsp3) is 0.375. The average Bonchev–Trinajstić information content (AvgIpc) is 2.90. The number of methoxy groups -OCH3 is 1. The molecule has 1 atom stereocenters. The zero-order chi connectivity index (χ0) is 16.9. The number of hydrogen-bond acceptors (Lipinski definition) is 7. The van der Waals surface area contributed by atoms with Gasteiger partial charge in [0.15, 0.2) is 11.4 Å². The van der Waals surface area contributed by atoms with Crippen molar-refractivity contribution in [1.29, 1.82) is 0 Å². The predicted molar refractivity (Wildman–Crippen MR) is 83.8 cm³/mol. The van der Waals surface area contributed by atoms with Gasteiger partial charge in [0.05, 0.1) is 19.4 Å². The maximum absolute atomic E-state index is 11.9. The standard InChI is InChI=1S/C16H19N3O4/c1-11-9-16(2,19-17-11)23-10-12-7-5-6-8-13(12)14(18-22-4)15(20)21-3/h5-9H,10H2,1-4H3. The van der Waals surface area contributed by atoms with Gasteiger partial charge in [-0.2, -0.15) is 5.11 Å². The maximum Gasteiger partial charge on any atom is 0.360 e. The number of rotatable bonds is 6. The lowest BCUT2D eigenvalue weighted by atomic mass is 10.0. The van der Waals surface area contributed by atoms with Gasteiger partial charge in [-0.1, -0.05) is 29.4 Å². The molecule has 0 spiro atoms. The number of allylic oxidation sites excluding steroid dienone is 1. The quantitative estimate of drug-likeness (QED) is 0.459. The molecule has 1 aromatic rings. The van der Waals surface area contributed by atoms with Crippen molar-refractivity contribution in [3.8, 4) is 0 Å². The first kappa shape index (κ1) is 16.8. The van der Waals surface area contributed by atoms with Crippen LogP contribution in [0.1, 0.15) is 25.0 Å². The summed E-state index contributed by atoms with van der Waals surface area (Å²) >= 11 is 0. The largest absolute Gasteiger partial charge is 0.464 e. The number of oxime groups is 1. The second-order valence-electron chi connectivity index (χ2n) is 5.10. The highest BCUT2D eigenvalue weighted by molar-refractivity contribution is 6.43. The zero-order valence-electron chi connectivity index (χ0n) is 13.6. The highest BCUT2D eigenvalue weighted by atomic mass is 16.6. The third-order valence-corrected chi connectivity index (χ3v) is 3.24. The van der Waals surface area contributed by atoms with Crippen molar-refractivity contribution in [2.24, 2.45) is 15.4 Å². The highest BCUT2D eigenvalue weighted by Gasteiger charge is 2.27. The van der Waals surface area contributed by atoms with E-state index in [1.54, 1.807) is 12.1 Å². The van der Waals surface area contributed by atoms with Crippen molar-refractivity contribution in [3.63, 3.8) is 0 Å². The lowest BCUT2D eigenvalue weighted by Gasteiger charge is -2.19. The van der Waals surface area contributed by atoms with Crippen LogP contribution < -0.4 is 0 Å². The van der Waals surface area contributed by atoms with E-state index in [9.17, 15) is 4.79 Å². The average molecular weight is 317 g/mol. The first-order valence-corrected chi connectivity index (χ1v) is 7.03. The Balaban J connectivity index is 2.25. The van der Waals surface area contributed by atoms with E-state index in [2.05, 4.69) is 15.4 Å². The molecule has 1 aliphatic rings. The molecule has 23 heavy (non-hydrogen) atoms. The summed E-state index contributed by atoms with van der Waals surface area (Å²) in [4.78, 5) is 16.7. The normalized spacial score (nSPS) is 20.3. The van der Waals surface area contributed by atoms with Crippen LogP contribution in [0.5, 0.6) is 0 Å². The van der Waals surface area contributed by atoms with E-state index < -0.39 is 11.7 Å². The van der Waals surface area contributed by atoms with Crippen LogP contribution >= 0.6 is 0 Å². The molecule has 1 aliphatic heterocycles. The van der Waals surface area contributed by atoms with Crippen molar-refractivity contribution >= 4 is 11.7 Å². The van der Waals surface area contributed by atoms with Crippen molar-refractivity contribution in [1.82, 2.24) is 0 Å². The summed E-state index contributed by atoms with van der Waals surface area (Å²) in [6.45, 7) is 3.90. The first-order chi connectivity index (χ1) is 11.0. The van der Waals surface area contributed by atoms with Crippen molar-refractivity contribution in [3.05, 3.63) is 47.2 Å². The molecule has 0 bridgehead atoms. The number of carbonyl (C=O) groups is 1. The summed E-state index contributed by atoms with van der Waals surface area (Å²) in [5.41, 5.74) is 1.43. The molecule has 0 amide bonds. The lowest BCUT2D eigenvalue weighted by molar-refractivity contribution is -0.132. The van der Waals surface area contributed by atoms with E-state index >= 15 is 0 Å². The molecule has 0 saturated heterocycles. The molecule has 1 unspecified atom stereocenters. The monoisotopic (exact) mass is 317 g/mol. The van der Waals surface area contributed by atoms with Gasteiger partial charge in [-0.15, -0.1) is 5.11 Å². The van der Waals surface area contributed by atoms with E-state index in [4.69, 9.17) is 14.3 Å². The van der Waals surface area contributed by atoms with Gasteiger partial charge in [0.2, 0.25) is 0 Å². The summed E-state index contributed by atoms with van der Waals surface area (Å²) in [6, 6.07) is 7.25. The summed E-state index contributed by atoms with van der Waals surface area (Å²) in [6.07, 6.45) is 1.83. The van der Waals surface area contributed by atoms with Crippen LogP contribution in [0, 0.1) is 0 Å². The lowest BCUT2D eigenvalue weighted by Crippen LogP contribution is -2.23. The van der Waals surface area contributed by atoms with E-state index in [1.807, 2.05) is 32.1 Å². The second kappa shape index (κ2) is 7.15. The van der Waals surface area contributed by atoms with Crippen LogP contribution in [0.15, 0.2) is 51.4 Å². The third-order valence-electron chi connectivity index (χ3n) is 3.24. The van der Waals surface area contributed by atoms with Gasteiger partial charge < -0.3 is 14.3 Å². The third kappa shape index (κ3) is 4.01. The molecule has 0 aromatic heterocycles. The number of hydrogen-bond donors (Lipinski definition) is 0. The van der Waals surface area contributed by atoms with E-state index in [1.165, 1.54) is 14.2 Å². The van der Waals surface area contributed by atoms with Gasteiger partial charge in [0.1, 0.15) is 7.11 Å². The summed E-state index contributed by atoms with van der Waals surface area (Å²) in [5, 5.41) is 11.8. The summed E-state index contributed by atoms with van der Waals surface area (Å²) in [7, 11) is 2.66. The van der Waals surface area contributed by atoms with Crippen LogP contribution in [0.3, 0.4) is 0 Å². The minimum absolute atomic E-state index is 0.0825. The number of esters is 1. The van der Waals surface area contributed by atoms with Gasteiger partial charge >= 0.3 is 5.97 Å². The van der Waals surface area contributed by atoms with E-state index in [-0.39, 0.29) is 12.3 Å². The van der Waals surface area contributed by atoms with Gasteiger partial charge in [-0.3, -0.25) is 0 Å².